The third-order valence-electron chi connectivity index (χ3n) is 4.88. The first-order valence-electron chi connectivity index (χ1n) is 8.69. The topological polar surface area (TPSA) is 71.9 Å². The molecular weight excluding hydrogens is 308 g/mol. The number of hydrogen-bond donors (Lipinski definition) is 1. The Labute approximate surface area is 142 Å². The van der Waals surface area contributed by atoms with E-state index in [9.17, 15) is 9.90 Å². The van der Waals surface area contributed by atoms with E-state index in [4.69, 9.17) is 9.47 Å². The highest BCUT2D eigenvalue weighted by Crippen LogP contribution is 2.31. The van der Waals surface area contributed by atoms with Crippen LogP contribution < -0.4 is 0 Å². The Morgan fingerprint density at radius 3 is 2.88 bits per heavy atom. The molecule has 0 bridgehead atoms. The van der Waals surface area contributed by atoms with Crippen LogP contribution in [-0.4, -0.2) is 59.9 Å². The van der Waals surface area contributed by atoms with Crippen LogP contribution in [0.2, 0.25) is 0 Å². The molecule has 3 rings (SSSR count). The van der Waals surface area contributed by atoms with Crippen molar-refractivity contribution in [3.63, 3.8) is 0 Å². The second kappa shape index (κ2) is 7.59. The first-order chi connectivity index (χ1) is 11.6. The van der Waals surface area contributed by atoms with Gasteiger partial charge in [-0.25, -0.2) is 0 Å². The molecule has 0 aromatic carbocycles. The summed E-state index contributed by atoms with van der Waals surface area (Å²) < 4.78 is 11.0. The number of carbonyl (C=O) groups excluding carboxylic acids is 1. The van der Waals surface area contributed by atoms with Gasteiger partial charge in [-0.15, -0.1) is 0 Å². The monoisotopic (exact) mass is 334 g/mol. The molecule has 2 fully saturated rings. The second-order valence-corrected chi connectivity index (χ2v) is 6.78. The van der Waals surface area contributed by atoms with E-state index in [0.29, 0.717) is 38.2 Å². The molecule has 3 heterocycles. The van der Waals surface area contributed by atoms with E-state index in [1.807, 2.05) is 19.1 Å². The van der Waals surface area contributed by atoms with E-state index >= 15 is 0 Å². The molecular formula is C18H26N2O4. The summed E-state index contributed by atoms with van der Waals surface area (Å²) in [4.78, 5) is 18.3. The molecule has 1 aromatic heterocycles. The van der Waals surface area contributed by atoms with Crippen LogP contribution in [0.25, 0.3) is 0 Å². The summed E-state index contributed by atoms with van der Waals surface area (Å²) >= 11 is 0. The van der Waals surface area contributed by atoms with Crippen molar-refractivity contribution in [2.45, 2.75) is 44.3 Å². The molecule has 24 heavy (non-hydrogen) atoms. The maximum absolute atomic E-state index is 12.2. The van der Waals surface area contributed by atoms with Crippen LogP contribution in [0.4, 0.5) is 0 Å². The normalized spacial score (nSPS) is 23.4. The maximum atomic E-state index is 12.2. The zero-order chi connectivity index (χ0) is 17.0. The number of rotatable bonds is 5. The van der Waals surface area contributed by atoms with Crippen LogP contribution in [0.15, 0.2) is 18.3 Å². The molecule has 1 amide bonds. The summed E-state index contributed by atoms with van der Waals surface area (Å²) in [7, 11) is 0. The van der Waals surface area contributed by atoms with Gasteiger partial charge in [0, 0.05) is 25.9 Å². The standard InChI is InChI=1S/C18H26N2O4/c1-14-4-5-16(19-11-14)18(22)6-8-20(9-7-18)17(21)13-23-12-15-3-2-10-24-15/h4-5,11,15,22H,2-3,6-10,12-13H2,1H3/t15-/m1/s1. The zero-order valence-electron chi connectivity index (χ0n) is 14.2. The smallest absolute Gasteiger partial charge is 0.248 e. The molecule has 0 aliphatic carbocycles. The van der Waals surface area contributed by atoms with Crippen molar-refractivity contribution in [2.75, 3.05) is 32.9 Å². The van der Waals surface area contributed by atoms with Crippen LogP contribution in [0.5, 0.6) is 0 Å². The highest BCUT2D eigenvalue weighted by atomic mass is 16.5. The fourth-order valence-corrected chi connectivity index (χ4v) is 3.27. The molecule has 6 nitrogen and oxygen atoms in total. The van der Waals surface area contributed by atoms with Gasteiger partial charge in [0.15, 0.2) is 0 Å². The Bertz CT molecular complexity index is 547. The number of piperidine rings is 1. The summed E-state index contributed by atoms with van der Waals surface area (Å²) in [6.45, 7) is 4.37. The number of carbonyl (C=O) groups is 1. The van der Waals surface area contributed by atoms with E-state index in [1.54, 1.807) is 11.1 Å². The van der Waals surface area contributed by atoms with Gasteiger partial charge in [-0.2, -0.15) is 0 Å². The molecule has 0 radical (unpaired) electrons. The first kappa shape index (κ1) is 17.3. The van der Waals surface area contributed by atoms with E-state index in [-0.39, 0.29) is 18.6 Å². The SMILES string of the molecule is Cc1ccc(C2(O)CCN(C(=O)COC[C@H]3CCCO3)CC2)nc1. The zero-order valence-corrected chi connectivity index (χ0v) is 14.2. The summed E-state index contributed by atoms with van der Waals surface area (Å²) in [5.41, 5.74) is 0.816. The number of aliphatic hydroxyl groups is 1. The Balaban J connectivity index is 1.45. The van der Waals surface area contributed by atoms with Crippen molar-refractivity contribution in [3.8, 4) is 0 Å². The highest BCUT2D eigenvalue weighted by molar-refractivity contribution is 5.77. The molecule has 1 atom stereocenters. The van der Waals surface area contributed by atoms with Crippen LogP contribution in [0, 0.1) is 6.92 Å². The lowest BCUT2D eigenvalue weighted by atomic mass is 9.87. The number of pyridine rings is 1. The Hall–Kier alpha value is -1.50. The van der Waals surface area contributed by atoms with E-state index in [0.717, 1.165) is 25.0 Å². The van der Waals surface area contributed by atoms with Crippen molar-refractivity contribution in [3.05, 3.63) is 29.6 Å². The minimum absolute atomic E-state index is 0.0214. The number of likely N-dealkylation sites (tertiary alicyclic amines) is 1. The van der Waals surface area contributed by atoms with Crippen molar-refractivity contribution >= 4 is 5.91 Å². The van der Waals surface area contributed by atoms with E-state index in [1.165, 1.54) is 0 Å². The number of amides is 1. The molecule has 0 spiro atoms. The lowest BCUT2D eigenvalue weighted by molar-refractivity contribution is -0.141. The second-order valence-electron chi connectivity index (χ2n) is 6.78. The first-order valence-corrected chi connectivity index (χ1v) is 8.69. The Morgan fingerprint density at radius 1 is 1.46 bits per heavy atom. The number of hydrogen-bond acceptors (Lipinski definition) is 5. The predicted octanol–water partition coefficient (Wildman–Crippen LogP) is 1.40. The third-order valence-corrected chi connectivity index (χ3v) is 4.88. The largest absolute Gasteiger partial charge is 0.383 e. The van der Waals surface area contributed by atoms with Gasteiger partial charge < -0.3 is 19.5 Å². The Kier molecular flexibility index (Phi) is 5.48. The summed E-state index contributed by atoms with van der Waals surface area (Å²) in [6.07, 6.45) is 4.98. The lowest BCUT2D eigenvalue weighted by Crippen LogP contribution is -2.46. The molecule has 132 valence electrons. The Morgan fingerprint density at radius 2 is 2.25 bits per heavy atom. The quantitative estimate of drug-likeness (QED) is 0.881. The molecule has 1 aromatic rings. The number of ether oxygens (including phenoxy) is 2. The van der Waals surface area contributed by atoms with Gasteiger partial charge in [0.2, 0.25) is 5.91 Å². The van der Waals surface area contributed by atoms with Crippen LogP contribution in [0.3, 0.4) is 0 Å². The molecule has 2 aliphatic heterocycles. The van der Waals surface area contributed by atoms with Gasteiger partial charge in [-0.3, -0.25) is 9.78 Å². The number of nitrogens with zero attached hydrogens (tertiary/aromatic N) is 2. The van der Waals surface area contributed by atoms with Crippen molar-refractivity contribution in [2.24, 2.45) is 0 Å². The van der Waals surface area contributed by atoms with E-state index < -0.39 is 5.60 Å². The van der Waals surface area contributed by atoms with E-state index in [2.05, 4.69) is 4.98 Å². The highest BCUT2D eigenvalue weighted by Gasteiger charge is 2.36. The maximum Gasteiger partial charge on any atom is 0.248 e. The number of aryl methyl sites for hydroxylation is 1. The molecule has 1 N–H and O–H groups in total. The minimum atomic E-state index is -0.941. The van der Waals surface area contributed by atoms with Crippen molar-refractivity contribution in [1.82, 2.24) is 9.88 Å². The molecule has 6 heteroatoms. The summed E-state index contributed by atoms with van der Waals surface area (Å²) in [6, 6.07) is 3.83. The van der Waals surface area contributed by atoms with Gasteiger partial charge in [0.25, 0.3) is 0 Å². The predicted molar refractivity (Wildman–Crippen MR) is 88.5 cm³/mol. The number of aromatic nitrogens is 1. The molecule has 2 aliphatic rings. The average Bonchev–Trinajstić information content (AvgIpc) is 3.09. The molecule has 0 unspecified atom stereocenters. The van der Waals surface area contributed by atoms with Crippen LogP contribution in [-0.2, 0) is 19.9 Å². The average molecular weight is 334 g/mol. The van der Waals surface area contributed by atoms with Gasteiger partial charge in [0.1, 0.15) is 12.2 Å². The summed E-state index contributed by atoms with van der Waals surface area (Å²) in [5.74, 6) is -0.0214. The van der Waals surface area contributed by atoms with Crippen molar-refractivity contribution in [1.29, 1.82) is 0 Å². The van der Waals surface area contributed by atoms with Crippen LogP contribution >= 0.6 is 0 Å². The third kappa shape index (κ3) is 4.12. The van der Waals surface area contributed by atoms with Crippen LogP contribution in [0.1, 0.15) is 36.9 Å². The fourth-order valence-electron chi connectivity index (χ4n) is 3.27. The van der Waals surface area contributed by atoms with Crippen molar-refractivity contribution < 1.29 is 19.4 Å². The fraction of sp³-hybridized carbons (Fsp3) is 0.667. The summed E-state index contributed by atoms with van der Waals surface area (Å²) in [5, 5.41) is 10.8. The van der Waals surface area contributed by atoms with Gasteiger partial charge in [0.05, 0.1) is 18.4 Å². The van der Waals surface area contributed by atoms with Gasteiger partial charge in [-0.05, 0) is 44.2 Å². The van der Waals surface area contributed by atoms with Gasteiger partial charge in [-0.1, -0.05) is 6.07 Å². The van der Waals surface area contributed by atoms with Gasteiger partial charge >= 0.3 is 0 Å². The molecule has 2 saturated heterocycles. The molecule has 0 saturated carbocycles. The lowest BCUT2D eigenvalue weighted by Gasteiger charge is -2.37. The minimum Gasteiger partial charge on any atom is -0.383 e.